The van der Waals surface area contributed by atoms with Crippen LogP contribution in [0, 0.1) is 0 Å². The predicted octanol–water partition coefficient (Wildman–Crippen LogP) is 5.81. The number of hydrogen-bond donors (Lipinski definition) is 1. The van der Waals surface area contributed by atoms with Crippen LogP contribution in [0.2, 0.25) is 0 Å². The van der Waals surface area contributed by atoms with Crippen molar-refractivity contribution < 1.29 is 27.1 Å². The fourth-order valence-electron chi connectivity index (χ4n) is 4.43. The number of fused-ring (bicyclic) bond motifs is 3. The molecule has 1 aliphatic heterocycles. The van der Waals surface area contributed by atoms with E-state index in [1.165, 1.54) is 33.5 Å². The lowest BCUT2D eigenvalue weighted by atomic mass is 10.0. The van der Waals surface area contributed by atoms with Crippen LogP contribution in [-0.4, -0.2) is 21.7 Å². The first-order valence-electron chi connectivity index (χ1n) is 12.1. The van der Waals surface area contributed by atoms with Gasteiger partial charge in [-0.25, -0.2) is 4.90 Å². The molecule has 5 rings (SSSR count). The molecule has 1 aliphatic rings. The first-order valence-corrected chi connectivity index (χ1v) is 13.1. The van der Waals surface area contributed by atoms with Crippen molar-refractivity contribution in [2.45, 2.75) is 44.2 Å². The number of anilines is 1. The van der Waals surface area contributed by atoms with Gasteiger partial charge in [-0.15, -0.1) is 0 Å². The average molecular weight is 542 g/mol. The fourth-order valence-corrected chi connectivity index (χ4v) is 5.14. The first-order chi connectivity index (χ1) is 18.2. The minimum absolute atomic E-state index is 0.169. The summed E-state index contributed by atoms with van der Waals surface area (Å²) in [5.74, 6) is 0.940. The normalized spacial score (nSPS) is 14.8. The van der Waals surface area contributed by atoms with Crippen LogP contribution in [0.5, 0.6) is 0 Å². The number of benzene rings is 2. The maximum absolute atomic E-state index is 13.3. The Balaban J connectivity index is 1.70. The van der Waals surface area contributed by atoms with Crippen LogP contribution < -0.4 is 15.1 Å². The molecular formula is C27H24F3N4O3S+. The minimum Gasteiger partial charge on any atom is -0.452 e. The van der Waals surface area contributed by atoms with Gasteiger partial charge in [0.25, 0.3) is 0 Å². The standard InChI is InChI=1S/C27H23F3N4O3S/c1-3-14-38-26-31-24(36)23-18-10-5-6-11-19(18)33(22(35)4-2)25(34(23)32-26)21-13-12-20(37-21)16-8-7-9-17(15-16)27(28,29)30/h5-13,15,25H,3-4,14H2,1-2H3/p+1/t25-/m1/s1. The molecule has 4 aromatic rings. The zero-order chi connectivity index (χ0) is 27.0. The van der Waals surface area contributed by atoms with E-state index in [2.05, 4.69) is 10.1 Å². The third-order valence-electron chi connectivity index (χ3n) is 6.13. The van der Waals surface area contributed by atoms with Gasteiger partial charge in [0.05, 0.1) is 16.8 Å². The largest absolute Gasteiger partial charge is 0.452 e. The molecule has 3 heterocycles. The number of amides is 1. The fraction of sp³-hybridized carbons (Fsp3) is 0.259. The zero-order valence-electron chi connectivity index (χ0n) is 20.6. The Hall–Kier alpha value is -3.86. The quantitative estimate of drug-likeness (QED) is 0.246. The summed E-state index contributed by atoms with van der Waals surface area (Å²) in [4.78, 5) is 31.0. The molecule has 0 saturated heterocycles. The lowest BCUT2D eigenvalue weighted by Gasteiger charge is -2.30. The highest BCUT2D eigenvalue weighted by atomic mass is 32.2. The molecule has 2 aromatic carbocycles. The minimum atomic E-state index is -4.50. The Morgan fingerprint density at radius 1 is 1.13 bits per heavy atom. The summed E-state index contributed by atoms with van der Waals surface area (Å²) in [6.07, 6.45) is -4.44. The third-order valence-corrected chi connectivity index (χ3v) is 7.20. The van der Waals surface area contributed by atoms with E-state index in [-0.39, 0.29) is 40.7 Å². The van der Waals surface area contributed by atoms with Crippen LogP contribution in [0.4, 0.5) is 18.9 Å². The van der Waals surface area contributed by atoms with E-state index >= 15 is 0 Å². The Kier molecular flexibility index (Phi) is 6.87. The summed E-state index contributed by atoms with van der Waals surface area (Å²) in [6.45, 7) is 3.74. The molecule has 0 spiro atoms. The van der Waals surface area contributed by atoms with E-state index in [9.17, 15) is 22.8 Å². The summed E-state index contributed by atoms with van der Waals surface area (Å²) in [7, 11) is 0. The molecule has 0 radical (unpaired) electrons. The SMILES string of the molecule is CCCSc1n[n+]2c(c(=O)[nH]1)-c1ccccc1N(C(=O)CC)[C@H]2c1ccc(-c2cccc(C(F)(F)F)c2)o1. The molecule has 0 fully saturated rings. The van der Waals surface area contributed by atoms with Crippen molar-refractivity contribution in [1.82, 2.24) is 10.1 Å². The number of thioether (sulfide) groups is 1. The number of furan rings is 1. The summed E-state index contributed by atoms with van der Waals surface area (Å²) in [6, 6.07) is 15.0. The van der Waals surface area contributed by atoms with Gasteiger partial charge in [0, 0.05) is 22.8 Å². The van der Waals surface area contributed by atoms with Crippen LogP contribution in [0.3, 0.4) is 0 Å². The molecule has 196 valence electrons. The molecule has 1 N–H and O–H groups in total. The van der Waals surface area contributed by atoms with Crippen LogP contribution in [0.25, 0.3) is 22.6 Å². The van der Waals surface area contributed by atoms with Crippen LogP contribution in [0.1, 0.15) is 44.2 Å². The maximum Gasteiger partial charge on any atom is 0.416 e. The van der Waals surface area contributed by atoms with Crippen LogP contribution in [-0.2, 0) is 11.0 Å². The summed E-state index contributed by atoms with van der Waals surface area (Å²) in [5.41, 5.74) is 0.373. The highest BCUT2D eigenvalue weighted by Gasteiger charge is 2.47. The zero-order valence-corrected chi connectivity index (χ0v) is 21.4. The lowest BCUT2D eigenvalue weighted by Crippen LogP contribution is -2.60. The average Bonchev–Trinajstić information content (AvgIpc) is 3.40. The second-order valence-corrected chi connectivity index (χ2v) is 9.77. The molecule has 1 atom stereocenters. The van der Waals surface area contributed by atoms with Crippen molar-refractivity contribution in [3.63, 3.8) is 0 Å². The number of carbonyl (C=O) groups is 1. The number of nitrogens with one attached hydrogen (secondary N) is 1. The van der Waals surface area contributed by atoms with Gasteiger partial charge in [0.2, 0.25) is 11.1 Å². The maximum atomic E-state index is 13.3. The van der Waals surface area contributed by atoms with Crippen molar-refractivity contribution in [3.05, 3.63) is 82.3 Å². The van der Waals surface area contributed by atoms with Crippen molar-refractivity contribution >= 4 is 23.4 Å². The van der Waals surface area contributed by atoms with E-state index in [1.54, 1.807) is 43.3 Å². The Morgan fingerprint density at radius 3 is 2.66 bits per heavy atom. The van der Waals surface area contributed by atoms with E-state index in [0.717, 1.165) is 24.3 Å². The summed E-state index contributed by atoms with van der Waals surface area (Å²) in [5, 5.41) is 5.07. The topological polar surface area (TPSA) is 83.1 Å². The number of nitrogens with zero attached hydrogens (tertiary/aromatic N) is 3. The highest BCUT2D eigenvalue weighted by Crippen LogP contribution is 2.39. The molecule has 0 saturated carbocycles. The van der Waals surface area contributed by atoms with E-state index in [0.29, 0.717) is 16.4 Å². The lowest BCUT2D eigenvalue weighted by molar-refractivity contribution is -0.764. The molecule has 1 amide bonds. The number of para-hydroxylation sites is 1. The molecule has 0 unspecified atom stereocenters. The molecule has 2 aromatic heterocycles. The predicted molar refractivity (Wildman–Crippen MR) is 137 cm³/mol. The Morgan fingerprint density at radius 2 is 1.92 bits per heavy atom. The second kappa shape index (κ2) is 10.1. The smallest absolute Gasteiger partial charge is 0.416 e. The summed E-state index contributed by atoms with van der Waals surface area (Å²) >= 11 is 1.38. The van der Waals surface area contributed by atoms with Crippen molar-refractivity contribution in [2.24, 2.45) is 0 Å². The molecule has 7 nitrogen and oxygen atoms in total. The first kappa shape index (κ1) is 25.8. The van der Waals surface area contributed by atoms with Crippen molar-refractivity contribution in [3.8, 4) is 22.6 Å². The summed E-state index contributed by atoms with van der Waals surface area (Å²) < 4.78 is 47.5. The number of H-pyrrole nitrogens is 1. The molecule has 38 heavy (non-hydrogen) atoms. The highest BCUT2D eigenvalue weighted by molar-refractivity contribution is 7.99. The van der Waals surface area contributed by atoms with Crippen molar-refractivity contribution in [2.75, 3.05) is 10.7 Å². The van der Waals surface area contributed by atoms with E-state index < -0.39 is 17.9 Å². The number of carbonyl (C=O) groups excluding carboxylic acids is 1. The van der Waals surface area contributed by atoms with E-state index in [4.69, 9.17) is 4.42 Å². The van der Waals surface area contributed by atoms with Gasteiger partial charge >= 0.3 is 23.6 Å². The van der Waals surface area contributed by atoms with Gasteiger partial charge in [-0.05, 0) is 47.5 Å². The Labute approximate surface area is 220 Å². The number of aromatic amines is 1. The van der Waals surface area contributed by atoms with Gasteiger partial charge in [0.15, 0.2) is 5.76 Å². The van der Waals surface area contributed by atoms with E-state index in [1.807, 2.05) is 6.92 Å². The van der Waals surface area contributed by atoms with Crippen LogP contribution in [0.15, 0.2) is 75.0 Å². The van der Waals surface area contributed by atoms with Crippen LogP contribution >= 0.6 is 11.8 Å². The number of alkyl halides is 3. The van der Waals surface area contributed by atoms with Gasteiger partial charge in [-0.2, -0.15) is 13.2 Å². The molecule has 0 aliphatic carbocycles. The van der Waals surface area contributed by atoms with Gasteiger partial charge < -0.3 is 4.42 Å². The third kappa shape index (κ3) is 4.62. The number of aromatic nitrogens is 3. The van der Waals surface area contributed by atoms with Crippen molar-refractivity contribution in [1.29, 1.82) is 0 Å². The van der Waals surface area contributed by atoms with Gasteiger partial charge in [-0.1, -0.05) is 49.9 Å². The van der Waals surface area contributed by atoms with Gasteiger partial charge in [-0.3, -0.25) is 14.6 Å². The van der Waals surface area contributed by atoms with Gasteiger partial charge in [0.1, 0.15) is 5.76 Å². The molecular weight excluding hydrogens is 517 g/mol. The molecule has 0 bridgehead atoms. The number of halogens is 3. The molecule has 11 heteroatoms. The number of rotatable bonds is 6. The Bertz CT molecular complexity index is 1560. The monoisotopic (exact) mass is 541 g/mol. The second-order valence-electron chi connectivity index (χ2n) is 8.69. The number of hydrogen-bond acceptors (Lipinski definition) is 5.